The van der Waals surface area contributed by atoms with Crippen molar-refractivity contribution < 1.29 is 14.6 Å². The molecular formula is C13H23NO3. The van der Waals surface area contributed by atoms with E-state index in [0.717, 1.165) is 19.0 Å². The Bertz CT molecular complexity index is 266. The van der Waals surface area contributed by atoms with Gasteiger partial charge in [-0.15, -0.1) is 0 Å². The molecular weight excluding hydrogens is 218 g/mol. The first kappa shape index (κ1) is 12.8. The van der Waals surface area contributed by atoms with Gasteiger partial charge in [0.05, 0.1) is 5.41 Å². The molecule has 0 unspecified atom stereocenters. The van der Waals surface area contributed by atoms with Gasteiger partial charge in [-0.2, -0.15) is 0 Å². The molecule has 4 nitrogen and oxygen atoms in total. The van der Waals surface area contributed by atoms with Crippen molar-refractivity contribution in [2.75, 3.05) is 32.8 Å². The fraction of sp³-hybridized carbons (Fsp3) is 0.923. The van der Waals surface area contributed by atoms with Crippen LogP contribution >= 0.6 is 0 Å². The van der Waals surface area contributed by atoms with Gasteiger partial charge >= 0.3 is 5.97 Å². The molecule has 2 heterocycles. The Labute approximate surface area is 103 Å². The highest BCUT2D eigenvalue weighted by Crippen LogP contribution is 2.33. The summed E-state index contributed by atoms with van der Waals surface area (Å²) in [6, 6.07) is 0. The van der Waals surface area contributed by atoms with E-state index in [0.29, 0.717) is 32.6 Å². The summed E-state index contributed by atoms with van der Waals surface area (Å²) in [5, 5.41) is 9.49. The number of ether oxygens (including phenoxy) is 1. The molecule has 0 bridgehead atoms. The summed E-state index contributed by atoms with van der Waals surface area (Å²) in [7, 11) is 0. The average Bonchev–Trinajstić information content (AvgIpc) is 2.33. The van der Waals surface area contributed by atoms with Gasteiger partial charge in [0, 0.05) is 19.8 Å². The minimum absolute atomic E-state index is 0.557. The second-order valence-electron chi connectivity index (χ2n) is 5.66. The van der Waals surface area contributed by atoms with E-state index >= 15 is 0 Å². The van der Waals surface area contributed by atoms with Crippen LogP contribution in [0.5, 0.6) is 0 Å². The molecule has 0 saturated carbocycles. The molecule has 0 aromatic carbocycles. The number of rotatable bonds is 3. The molecule has 4 heteroatoms. The smallest absolute Gasteiger partial charge is 0.311 e. The van der Waals surface area contributed by atoms with Gasteiger partial charge in [-0.1, -0.05) is 6.92 Å². The normalized spacial score (nSPS) is 26.9. The van der Waals surface area contributed by atoms with Crippen molar-refractivity contribution in [3.63, 3.8) is 0 Å². The van der Waals surface area contributed by atoms with Gasteiger partial charge in [0.25, 0.3) is 0 Å². The van der Waals surface area contributed by atoms with Crippen molar-refractivity contribution in [3.8, 4) is 0 Å². The highest BCUT2D eigenvalue weighted by atomic mass is 16.5. The molecule has 2 saturated heterocycles. The summed E-state index contributed by atoms with van der Waals surface area (Å²) in [6.45, 7) is 6.28. The number of nitrogens with zero attached hydrogens (tertiary/aromatic N) is 1. The molecule has 2 aliphatic rings. The van der Waals surface area contributed by atoms with Crippen LogP contribution in [0.2, 0.25) is 0 Å². The van der Waals surface area contributed by atoms with Crippen LogP contribution in [-0.2, 0) is 9.53 Å². The van der Waals surface area contributed by atoms with Crippen LogP contribution in [0.15, 0.2) is 0 Å². The molecule has 0 aromatic heterocycles. The third kappa shape index (κ3) is 2.99. The number of likely N-dealkylation sites (tertiary alicyclic amines) is 1. The summed E-state index contributed by atoms with van der Waals surface area (Å²) < 4.78 is 5.30. The maximum atomic E-state index is 11.5. The molecule has 1 N–H and O–H groups in total. The van der Waals surface area contributed by atoms with Crippen LogP contribution in [-0.4, -0.2) is 48.8 Å². The number of hydrogen-bond donors (Lipinski definition) is 1. The first-order chi connectivity index (χ1) is 8.12. The lowest BCUT2D eigenvalue weighted by Crippen LogP contribution is -2.48. The Kier molecular flexibility index (Phi) is 4.05. The molecule has 98 valence electrons. The van der Waals surface area contributed by atoms with E-state index in [-0.39, 0.29) is 0 Å². The minimum Gasteiger partial charge on any atom is -0.481 e. The number of carbonyl (C=O) groups is 1. The monoisotopic (exact) mass is 241 g/mol. The summed E-state index contributed by atoms with van der Waals surface area (Å²) in [6.07, 6.45) is 3.72. The molecule has 2 rings (SSSR count). The number of carboxylic acids is 1. The van der Waals surface area contributed by atoms with E-state index in [1.807, 2.05) is 0 Å². The van der Waals surface area contributed by atoms with Gasteiger partial charge in [-0.3, -0.25) is 4.79 Å². The predicted molar refractivity (Wildman–Crippen MR) is 65.0 cm³/mol. The van der Waals surface area contributed by atoms with Gasteiger partial charge in [0.15, 0.2) is 0 Å². The first-order valence-corrected chi connectivity index (χ1v) is 6.66. The molecule has 2 aliphatic heterocycles. The Morgan fingerprint density at radius 1 is 1.35 bits per heavy atom. The third-order valence-corrected chi connectivity index (χ3v) is 4.31. The maximum Gasteiger partial charge on any atom is 0.311 e. The largest absolute Gasteiger partial charge is 0.481 e. The number of hydrogen-bond acceptors (Lipinski definition) is 3. The quantitative estimate of drug-likeness (QED) is 0.815. The fourth-order valence-electron chi connectivity index (χ4n) is 2.85. The summed E-state index contributed by atoms with van der Waals surface area (Å²) in [5.41, 5.74) is -0.557. The van der Waals surface area contributed by atoms with E-state index in [9.17, 15) is 9.90 Å². The molecule has 0 aliphatic carbocycles. The highest BCUT2D eigenvalue weighted by Gasteiger charge is 2.41. The molecule has 17 heavy (non-hydrogen) atoms. The second-order valence-corrected chi connectivity index (χ2v) is 5.66. The van der Waals surface area contributed by atoms with Gasteiger partial charge in [-0.05, 0) is 44.7 Å². The molecule has 2 fully saturated rings. The lowest BCUT2D eigenvalue weighted by molar-refractivity contribution is -0.157. The van der Waals surface area contributed by atoms with E-state index in [2.05, 4.69) is 11.8 Å². The van der Waals surface area contributed by atoms with Crippen LogP contribution in [0.3, 0.4) is 0 Å². The van der Waals surface area contributed by atoms with Crippen molar-refractivity contribution in [2.24, 2.45) is 11.3 Å². The minimum atomic E-state index is -0.639. The van der Waals surface area contributed by atoms with Crippen LogP contribution in [0.1, 0.15) is 32.6 Å². The summed E-state index contributed by atoms with van der Waals surface area (Å²) >= 11 is 0. The van der Waals surface area contributed by atoms with Gasteiger partial charge in [0.1, 0.15) is 0 Å². The van der Waals surface area contributed by atoms with E-state index in [4.69, 9.17) is 4.74 Å². The second kappa shape index (κ2) is 5.36. The van der Waals surface area contributed by atoms with Crippen LogP contribution < -0.4 is 0 Å². The topological polar surface area (TPSA) is 49.8 Å². The third-order valence-electron chi connectivity index (χ3n) is 4.31. The van der Waals surface area contributed by atoms with Crippen molar-refractivity contribution in [1.29, 1.82) is 0 Å². The van der Waals surface area contributed by atoms with Crippen LogP contribution in [0, 0.1) is 11.3 Å². The number of carboxylic acid groups (broad SMARTS) is 1. The SMILES string of the molecule is CC1CCN(CC2(C(=O)O)CCOCC2)CC1. The summed E-state index contributed by atoms with van der Waals surface area (Å²) in [4.78, 5) is 13.9. The Hall–Kier alpha value is -0.610. The van der Waals surface area contributed by atoms with Gasteiger partial charge < -0.3 is 14.7 Å². The first-order valence-electron chi connectivity index (χ1n) is 6.66. The molecule has 0 radical (unpaired) electrons. The van der Waals surface area contributed by atoms with E-state index in [1.165, 1.54) is 12.8 Å². The number of aliphatic carboxylic acids is 1. The predicted octanol–water partition coefficient (Wildman–Crippen LogP) is 1.60. The van der Waals surface area contributed by atoms with E-state index < -0.39 is 11.4 Å². The van der Waals surface area contributed by atoms with Crippen molar-refractivity contribution in [1.82, 2.24) is 4.90 Å². The Morgan fingerprint density at radius 3 is 2.47 bits per heavy atom. The standard InChI is InChI=1S/C13H23NO3/c1-11-2-6-14(7-3-11)10-13(12(15)16)4-8-17-9-5-13/h11H,2-10H2,1H3,(H,15,16). The zero-order valence-electron chi connectivity index (χ0n) is 10.7. The molecule has 0 amide bonds. The fourth-order valence-corrected chi connectivity index (χ4v) is 2.85. The lowest BCUT2D eigenvalue weighted by Gasteiger charge is -2.40. The van der Waals surface area contributed by atoms with Crippen LogP contribution in [0.25, 0.3) is 0 Å². The zero-order chi connectivity index (χ0) is 12.3. The Balaban J connectivity index is 1.95. The molecule has 0 atom stereocenters. The van der Waals surface area contributed by atoms with Crippen LogP contribution in [0.4, 0.5) is 0 Å². The molecule has 0 spiro atoms. The van der Waals surface area contributed by atoms with Crippen molar-refractivity contribution >= 4 is 5.97 Å². The number of piperidine rings is 1. The molecule has 0 aromatic rings. The maximum absolute atomic E-state index is 11.5. The van der Waals surface area contributed by atoms with E-state index in [1.54, 1.807) is 0 Å². The Morgan fingerprint density at radius 2 is 1.94 bits per heavy atom. The van der Waals surface area contributed by atoms with Gasteiger partial charge in [-0.25, -0.2) is 0 Å². The lowest BCUT2D eigenvalue weighted by atomic mass is 9.79. The van der Waals surface area contributed by atoms with Gasteiger partial charge in [0.2, 0.25) is 0 Å². The van der Waals surface area contributed by atoms with Crippen molar-refractivity contribution in [3.05, 3.63) is 0 Å². The average molecular weight is 241 g/mol. The highest BCUT2D eigenvalue weighted by molar-refractivity contribution is 5.75. The summed E-state index contributed by atoms with van der Waals surface area (Å²) in [5.74, 6) is 0.154. The van der Waals surface area contributed by atoms with Crippen molar-refractivity contribution in [2.45, 2.75) is 32.6 Å². The zero-order valence-corrected chi connectivity index (χ0v) is 10.7.